The van der Waals surface area contributed by atoms with E-state index < -0.39 is 11.0 Å². The van der Waals surface area contributed by atoms with Crippen molar-refractivity contribution in [1.29, 1.82) is 5.26 Å². The van der Waals surface area contributed by atoms with Crippen LogP contribution in [0.3, 0.4) is 0 Å². The minimum atomic E-state index is -1.21. The summed E-state index contributed by atoms with van der Waals surface area (Å²) in [4.78, 5) is 0. The number of nitrogens with zero attached hydrogens (tertiary/aromatic N) is 1. The van der Waals surface area contributed by atoms with Crippen molar-refractivity contribution in [1.82, 2.24) is 0 Å². The summed E-state index contributed by atoms with van der Waals surface area (Å²) in [5, 5.41) is 13.7. The molecule has 2 N–H and O–H groups in total. The van der Waals surface area contributed by atoms with Crippen LogP contribution in [0.2, 0.25) is 0 Å². The van der Waals surface area contributed by atoms with Gasteiger partial charge in [-0.2, -0.15) is 5.26 Å². The molecule has 0 bridgehead atoms. The molecule has 1 rings (SSSR count). The van der Waals surface area contributed by atoms with E-state index >= 15 is 0 Å². The van der Waals surface area contributed by atoms with Gasteiger partial charge in [0.2, 0.25) is 0 Å². The van der Waals surface area contributed by atoms with Crippen molar-refractivity contribution in [3.63, 3.8) is 0 Å². The topological polar surface area (TPSA) is 66.9 Å². The molecule has 4 heteroatoms. The Morgan fingerprint density at radius 3 is 2.60 bits per heavy atom. The smallest absolute Gasteiger partial charge is 0.0920 e. The second kappa shape index (κ2) is 3.13. The standard InChI is InChI=1S/C6H10N2OS/c7-4-5-1-2-6(3-5)10(8)9/h5-6H,1-3,8H2. The van der Waals surface area contributed by atoms with Gasteiger partial charge in [-0.1, -0.05) is 0 Å². The van der Waals surface area contributed by atoms with Gasteiger partial charge in [0, 0.05) is 5.92 Å². The number of rotatable bonds is 1. The zero-order valence-corrected chi connectivity index (χ0v) is 6.43. The Morgan fingerprint density at radius 1 is 1.60 bits per heavy atom. The van der Waals surface area contributed by atoms with Crippen molar-refractivity contribution in [3.8, 4) is 6.07 Å². The molecule has 3 atom stereocenters. The summed E-state index contributed by atoms with van der Waals surface area (Å²) in [6.07, 6.45) is 2.44. The van der Waals surface area contributed by atoms with E-state index in [1.165, 1.54) is 0 Å². The molecule has 0 spiro atoms. The predicted octanol–water partition coefficient (Wildman–Crippen LogP) is 0.301. The van der Waals surface area contributed by atoms with Crippen LogP contribution >= 0.6 is 0 Å². The number of nitrogens with two attached hydrogens (primary N) is 1. The van der Waals surface area contributed by atoms with Crippen LogP contribution in [0.15, 0.2) is 0 Å². The molecule has 0 radical (unpaired) electrons. The molecule has 10 heavy (non-hydrogen) atoms. The van der Waals surface area contributed by atoms with Gasteiger partial charge in [-0.25, -0.2) is 4.21 Å². The predicted molar refractivity (Wildman–Crippen MR) is 39.1 cm³/mol. The van der Waals surface area contributed by atoms with Crippen LogP contribution in [0, 0.1) is 17.2 Å². The average Bonchev–Trinajstić information content (AvgIpc) is 2.34. The maximum absolute atomic E-state index is 10.7. The summed E-state index contributed by atoms with van der Waals surface area (Å²) in [7, 11) is -1.21. The van der Waals surface area contributed by atoms with Crippen molar-refractivity contribution in [2.45, 2.75) is 24.5 Å². The monoisotopic (exact) mass is 158 g/mol. The lowest BCUT2D eigenvalue weighted by Gasteiger charge is -2.01. The Morgan fingerprint density at radius 2 is 2.30 bits per heavy atom. The Balaban J connectivity index is 2.45. The summed E-state index contributed by atoms with van der Waals surface area (Å²) < 4.78 is 10.7. The molecule has 56 valence electrons. The van der Waals surface area contributed by atoms with Crippen LogP contribution in [0.4, 0.5) is 0 Å². The summed E-state index contributed by atoms with van der Waals surface area (Å²) in [6, 6.07) is 2.16. The van der Waals surface area contributed by atoms with E-state index in [2.05, 4.69) is 6.07 Å². The van der Waals surface area contributed by atoms with Gasteiger partial charge >= 0.3 is 0 Å². The highest BCUT2D eigenvalue weighted by molar-refractivity contribution is 7.83. The lowest BCUT2D eigenvalue weighted by Crippen LogP contribution is -2.18. The van der Waals surface area contributed by atoms with Gasteiger partial charge in [-0.15, -0.1) is 0 Å². The Kier molecular flexibility index (Phi) is 2.41. The fourth-order valence-electron chi connectivity index (χ4n) is 1.27. The van der Waals surface area contributed by atoms with Gasteiger partial charge in [-0.3, -0.25) is 5.14 Å². The van der Waals surface area contributed by atoms with Crippen LogP contribution in [0.5, 0.6) is 0 Å². The van der Waals surface area contributed by atoms with Crippen LogP contribution in [-0.4, -0.2) is 9.46 Å². The first kappa shape index (κ1) is 7.70. The average molecular weight is 158 g/mol. The maximum atomic E-state index is 10.7. The van der Waals surface area contributed by atoms with Crippen molar-refractivity contribution in [2.75, 3.05) is 0 Å². The van der Waals surface area contributed by atoms with Gasteiger partial charge < -0.3 is 0 Å². The van der Waals surface area contributed by atoms with Crippen molar-refractivity contribution >= 4 is 11.0 Å². The number of hydrogen-bond donors (Lipinski definition) is 1. The molecule has 0 aromatic carbocycles. The van der Waals surface area contributed by atoms with Gasteiger partial charge in [0.05, 0.1) is 22.3 Å². The second-order valence-corrected chi connectivity index (χ2v) is 3.91. The highest BCUT2D eigenvalue weighted by Crippen LogP contribution is 2.26. The third-order valence-electron chi connectivity index (χ3n) is 1.90. The zero-order chi connectivity index (χ0) is 7.56. The lowest BCUT2D eigenvalue weighted by atomic mass is 10.1. The minimum absolute atomic E-state index is 0.0737. The summed E-state index contributed by atoms with van der Waals surface area (Å²) >= 11 is 0. The SMILES string of the molecule is N#CC1CCC(S(N)=O)C1. The van der Waals surface area contributed by atoms with E-state index in [9.17, 15) is 4.21 Å². The van der Waals surface area contributed by atoms with E-state index in [4.69, 9.17) is 10.4 Å². The third kappa shape index (κ3) is 1.55. The van der Waals surface area contributed by atoms with Crippen molar-refractivity contribution in [3.05, 3.63) is 0 Å². The van der Waals surface area contributed by atoms with E-state index in [1.807, 2.05) is 0 Å². The van der Waals surface area contributed by atoms with Crippen molar-refractivity contribution < 1.29 is 4.21 Å². The van der Waals surface area contributed by atoms with Gasteiger partial charge in [0.1, 0.15) is 0 Å². The van der Waals surface area contributed by atoms with Gasteiger partial charge in [0.25, 0.3) is 0 Å². The normalized spacial score (nSPS) is 35.2. The molecular formula is C6H10N2OS. The first-order valence-corrected chi connectivity index (χ1v) is 4.56. The molecule has 0 heterocycles. The maximum Gasteiger partial charge on any atom is 0.0920 e. The lowest BCUT2D eigenvalue weighted by molar-refractivity contribution is 0.665. The van der Waals surface area contributed by atoms with Crippen molar-refractivity contribution in [2.24, 2.45) is 11.1 Å². The second-order valence-electron chi connectivity index (χ2n) is 2.59. The Labute approximate surface area is 62.8 Å². The molecule has 0 aromatic heterocycles. The molecule has 1 aliphatic rings. The molecule has 0 aliphatic heterocycles. The largest absolute Gasteiger partial charge is 0.252 e. The summed E-state index contributed by atoms with van der Waals surface area (Å²) in [6.45, 7) is 0. The summed E-state index contributed by atoms with van der Waals surface area (Å²) in [5.74, 6) is 0.0949. The van der Waals surface area contributed by atoms with Crippen LogP contribution < -0.4 is 5.14 Å². The fourth-order valence-corrected chi connectivity index (χ4v) is 2.06. The highest BCUT2D eigenvalue weighted by Gasteiger charge is 2.27. The minimum Gasteiger partial charge on any atom is -0.252 e. The molecule has 1 fully saturated rings. The molecular weight excluding hydrogens is 148 g/mol. The van der Waals surface area contributed by atoms with Crippen LogP contribution in [0.25, 0.3) is 0 Å². The van der Waals surface area contributed by atoms with E-state index in [1.54, 1.807) is 0 Å². The number of hydrogen-bond acceptors (Lipinski definition) is 2. The molecule has 0 amide bonds. The fraction of sp³-hybridized carbons (Fsp3) is 0.833. The third-order valence-corrected chi connectivity index (χ3v) is 2.98. The molecule has 0 saturated heterocycles. The molecule has 3 unspecified atom stereocenters. The van der Waals surface area contributed by atoms with Crippen LogP contribution in [-0.2, 0) is 11.0 Å². The number of nitriles is 1. The summed E-state index contributed by atoms with van der Waals surface area (Å²) in [5.41, 5.74) is 0. The Bertz CT molecular complexity index is 187. The first-order valence-electron chi connectivity index (χ1n) is 3.28. The van der Waals surface area contributed by atoms with Crippen LogP contribution in [0.1, 0.15) is 19.3 Å². The van der Waals surface area contributed by atoms with Gasteiger partial charge in [0.15, 0.2) is 0 Å². The highest BCUT2D eigenvalue weighted by atomic mass is 32.2. The quantitative estimate of drug-likeness (QED) is 0.596. The first-order chi connectivity index (χ1) is 4.74. The van der Waals surface area contributed by atoms with E-state index in [0.29, 0.717) is 0 Å². The Hall–Kier alpha value is -0.400. The molecule has 1 aliphatic carbocycles. The molecule has 1 saturated carbocycles. The van der Waals surface area contributed by atoms with Gasteiger partial charge in [-0.05, 0) is 19.3 Å². The van der Waals surface area contributed by atoms with E-state index in [0.717, 1.165) is 19.3 Å². The molecule has 3 nitrogen and oxygen atoms in total. The van der Waals surface area contributed by atoms with E-state index in [-0.39, 0.29) is 11.2 Å². The zero-order valence-electron chi connectivity index (χ0n) is 5.62. The molecule has 0 aromatic rings.